The van der Waals surface area contributed by atoms with Crippen LogP contribution in [0, 0.1) is 17.8 Å². The molecule has 5 heteroatoms. The van der Waals surface area contributed by atoms with Gasteiger partial charge in [0.05, 0.1) is 5.92 Å². The molecule has 0 radical (unpaired) electrons. The Bertz CT molecular complexity index is 1160. The van der Waals surface area contributed by atoms with Crippen molar-refractivity contribution < 1.29 is 14.7 Å². The van der Waals surface area contributed by atoms with Crippen molar-refractivity contribution in [2.45, 2.75) is 64.0 Å². The summed E-state index contributed by atoms with van der Waals surface area (Å²) in [6, 6.07) is 16.0. The van der Waals surface area contributed by atoms with E-state index in [2.05, 4.69) is 66.9 Å². The second-order valence-electron chi connectivity index (χ2n) is 10.9. The molecule has 1 heterocycles. The normalized spacial score (nSPS) is 26.0. The molecule has 2 aromatic carbocycles. The molecule has 1 unspecified atom stereocenters. The molecule has 36 heavy (non-hydrogen) atoms. The van der Waals surface area contributed by atoms with Gasteiger partial charge in [0.1, 0.15) is 0 Å². The zero-order valence-electron chi connectivity index (χ0n) is 21.2. The number of carbonyl (C=O) groups excluding carboxylic acids is 1. The lowest BCUT2D eigenvalue weighted by molar-refractivity contribution is -0.145. The summed E-state index contributed by atoms with van der Waals surface area (Å²) in [7, 11) is 0. The van der Waals surface area contributed by atoms with E-state index in [0.29, 0.717) is 49.9 Å². The van der Waals surface area contributed by atoms with E-state index in [-0.39, 0.29) is 11.8 Å². The van der Waals surface area contributed by atoms with Crippen LogP contribution in [0.4, 0.5) is 0 Å². The number of benzene rings is 2. The zero-order valence-corrected chi connectivity index (χ0v) is 21.2. The van der Waals surface area contributed by atoms with Crippen molar-refractivity contribution in [3.8, 4) is 0 Å². The van der Waals surface area contributed by atoms with Crippen LogP contribution in [0.15, 0.2) is 66.3 Å². The van der Waals surface area contributed by atoms with Crippen molar-refractivity contribution in [1.82, 2.24) is 10.2 Å². The predicted octanol–water partition coefficient (Wildman–Crippen LogP) is 5.87. The third kappa shape index (κ3) is 5.41. The quantitative estimate of drug-likeness (QED) is 0.535. The number of fused-ring (bicyclic) bond motifs is 1. The molecule has 3 aliphatic rings. The minimum absolute atomic E-state index is 0.0561. The molecule has 0 bridgehead atoms. The van der Waals surface area contributed by atoms with E-state index >= 15 is 0 Å². The van der Waals surface area contributed by atoms with Gasteiger partial charge in [-0.05, 0) is 73.6 Å². The number of aliphatic carboxylic acids is 1. The van der Waals surface area contributed by atoms with Crippen molar-refractivity contribution in [2.24, 2.45) is 17.8 Å². The number of carboxylic acids is 1. The summed E-state index contributed by atoms with van der Waals surface area (Å²) >= 11 is 0. The number of hydrogen-bond acceptors (Lipinski definition) is 3. The van der Waals surface area contributed by atoms with E-state index in [4.69, 9.17) is 0 Å². The Kier molecular flexibility index (Phi) is 7.56. The van der Waals surface area contributed by atoms with Gasteiger partial charge < -0.3 is 15.3 Å². The number of allylic oxidation sites excluding steroid dienone is 2. The first-order valence-electron chi connectivity index (χ1n) is 13.6. The Morgan fingerprint density at radius 1 is 1.03 bits per heavy atom. The number of hydrogen-bond donors (Lipinski definition) is 2. The minimum atomic E-state index is -0.742. The Morgan fingerprint density at radius 2 is 1.81 bits per heavy atom. The number of nitrogens with zero attached hydrogens (tertiary/aromatic N) is 1. The van der Waals surface area contributed by atoms with Crippen LogP contribution < -0.4 is 5.32 Å². The molecule has 2 fully saturated rings. The van der Waals surface area contributed by atoms with Crippen LogP contribution >= 0.6 is 0 Å². The van der Waals surface area contributed by atoms with Crippen LogP contribution in [0.25, 0.3) is 10.8 Å². The van der Waals surface area contributed by atoms with E-state index in [1.54, 1.807) is 0 Å². The molecule has 4 atom stereocenters. The lowest BCUT2D eigenvalue weighted by atomic mass is 9.74. The third-order valence-corrected chi connectivity index (χ3v) is 8.61. The maximum atomic E-state index is 13.0. The van der Waals surface area contributed by atoms with Gasteiger partial charge in [-0.3, -0.25) is 9.59 Å². The summed E-state index contributed by atoms with van der Waals surface area (Å²) in [5.41, 5.74) is 2.14. The number of carboxylic acid groups (broad SMARTS) is 1. The topological polar surface area (TPSA) is 69.6 Å². The molecule has 5 nitrogen and oxygen atoms in total. The molecule has 0 spiro atoms. The average Bonchev–Trinajstić information content (AvgIpc) is 2.92. The highest BCUT2D eigenvalue weighted by Gasteiger charge is 2.31. The fourth-order valence-corrected chi connectivity index (χ4v) is 6.50. The Morgan fingerprint density at radius 3 is 2.56 bits per heavy atom. The molecule has 190 valence electrons. The number of nitrogens with one attached hydrogen (secondary N) is 1. The van der Waals surface area contributed by atoms with Crippen molar-refractivity contribution in [3.63, 3.8) is 0 Å². The van der Waals surface area contributed by atoms with Gasteiger partial charge in [0, 0.05) is 30.7 Å². The van der Waals surface area contributed by atoms with Gasteiger partial charge in [0.25, 0.3) is 5.91 Å². The van der Waals surface area contributed by atoms with Crippen LogP contribution in [0.1, 0.15) is 63.5 Å². The van der Waals surface area contributed by atoms with Gasteiger partial charge in [-0.2, -0.15) is 0 Å². The number of rotatable bonds is 6. The van der Waals surface area contributed by atoms with E-state index in [1.807, 2.05) is 11.0 Å². The Hall–Kier alpha value is -2.92. The summed E-state index contributed by atoms with van der Waals surface area (Å²) in [6.07, 6.45) is 13.3. The third-order valence-electron chi connectivity index (χ3n) is 8.61. The molecule has 2 aliphatic carbocycles. The highest BCUT2D eigenvalue weighted by Crippen LogP contribution is 2.36. The first-order valence-corrected chi connectivity index (χ1v) is 13.6. The fourth-order valence-electron chi connectivity index (χ4n) is 6.50. The standard InChI is InChI=1S/C31H38N2O3/c1-21(28-11-5-7-23-6-2-3-10-29(23)28)32-27-9-4-8-26(20-27)22-12-14-24(15-13-22)30(34)33-18-16-25(17-19-33)31(35)36/h2-3,5-7,10-12,14-15,21-22,25-27,32H,4,8-9,13,16-20H2,1H3,(H,35,36)/t21-,22?,26+,27+/m1/s1. The van der Waals surface area contributed by atoms with Crippen molar-refractivity contribution in [1.29, 1.82) is 0 Å². The maximum absolute atomic E-state index is 13.0. The van der Waals surface area contributed by atoms with E-state index in [9.17, 15) is 14.7 Å². The van der Waals surface area contributed by atoms with Gasteiger partial charge >= 0.3 is 5.97 Å². The largest absolute Gasteiger partial charge is 0.481 e. The molecule has 0 aromatic heterocycles. The smallest absolute Gasteiger partial charge is 0.306 e. The molecular formula is C31H38N2O3. The predicted molar refractivity (Wildman–Crippen MR) is 144 cm³/mol. The fraction of sp³-hybridized carbons (Fsp3) is 0.484. The summed E-state index contributed by atoms with van der Waals surface area (Å²) in [5, 5.41) is 15.8. The van der Waals surface area contributed by atoms with Crippen LogP contribution in [0.2, 0.25) is 0 Å². The van der Waals surface area contributed by atoms with Gasteiger partial charge in [-0.1, -0.05) is 67.1 Å². The molecule has 1 saturated carbocycles. The van der Waals surface area contributed by atoms with Crippen LogP contribution in [-0.4, -0.2) is 41.0 Å². The summed E-state index contributed by atoms with van der Waals surface area (Å²) < 4.78 is 0. The zero-order chi connectivity index (χ0) is 25.1. The van der Waals surface area contributed by atoms with Crippen molar-refractivity contribution in [2.75, 3.05) is 13.1 Å². The second kappa shape index (κ2) is 11.0. The van der Waals surface area contributed by atoms with Gasteiger partial charge in [-0.25, -0.2) is 0 Å². The van der Waals surface area contributed by atoms with Gasteiger partial charge in [0.15, 0.2) is 0 Å². The van der Waals surface area contributed by atoms with Gasteiger partial charge in [0.2, 0.25) is 0 Å². The van der Waals surface area contributed by atoms with E-state index in [0.717, 1.165) is 12.0 Å². The SMILES string of the molecule is C[C@@H](N[C@H]1CCC[C@H](C2C=CC(C(=O)N3CCC(C(=O)O)CC3)=CC2)C1)c1cccc2ccccc12. The first-order chi connectivity index (χ1) is 17.5. The van der Waals surface area contributed by atoms with Crippen LogP contribution in [-0.2, 0) is 9.59 Å². The average molecular weight is 487 g/mol. The Labute approximate surface area is 214 Å². The maximum Gasteiger partial charge on any atom is 0.306 e. The molecule has 1 amide bonds. The van der Waals surface area contributed by atoms with Crippen LogP contribution in [0.3, 0.4) is 0 Å². The molecule has 2 N–H and O–H groups in total. The van der Waals surface area contributed by atoms with Crippen molar-refractivity contribution >= 4 is 22.6 Å². The summed E-state index contributed by atoms with van der Waals surface area (Å²) in [4.78, 5) is 26.0. The monoisotopic (exact) mass is 486 g/mol. The van der Waals surface area contributed by atoms with Crippen molar-refractivity contribution in [3.05, 3.63) is 71.8 Å². The highest BCUT2D eigenvalue weighted by atomic mass is 16.4. The van der Waals surface area contributed by atoms with E-state index < -0.39 is 5.97 Å². The molecule has 2 aromatic rings. The second-order valence-corrected chi connectivity index (χ2v) is 10.9. The molecule has 5 rings (SSSR count). The number of amides is 1. The molecular weight excluding hydrogens is 448 g/mol. The molecule has 1 aliphatic heterocycles. The Balaban J connectivity index is 1.15. The van der Waals surface area contributed by atoms with Gasteiger partial charge in [-0.15, -0.1) is 0 Å². The van der Waals surface area contributed by atoms with E-state index in [1.165, 1.54) is 42.0 Å². The number of carbonyl (C=O) groups is 2. The minimum Gasteiger partial charge on any atom is -0.481 e. The first kappa shape index (κ1) is 24.8. The number of likely N-dealkylation sites (tertiary alicyclic amines) is 1. The van der Waals surface area contributed by atoms with Crippen LogP contribution in [0.5, 0.6) is 0 Å². The summed E-state index contributed by atoms with van der Waals surface area (Å²) in [5.74, 6) is 0.114. The lowest BCUT2D eigenvalue weighted by Crippen LogP contribution is -2.41. The molecule has 1 saturated heterocycles. The number of piperidine rings is 1. The summed E-state index contributed by atoms with van der Waals surface area (Å²) in [6.45, 7) is 3.36. The highest BCUT2D eigenvalue weighted by molar-refractivity contribution is 5.96. The lowest BCUT2D eigenvalue weighted by Gasteiger charge is -2.36.